The Morgan fingerprint density at radius 2 is 0.846 bits per heavy atom. The summed E-state index contributed by atoms with van der Waals surface area (Å²) in [5, 5.41) is 5.59. The Morgan fingerprint density at radius 3 is 1.54 bits per heavy atom. The molecule has 0 aliphatic carbocycles. The van der Waals surface area contributed by atoms with E-state index in [4.69, 9.17) is 19.9 Å². The van der Waals surface area contributed by atoms with E-state index in [-0.39, 0.29) is 0 Å². The minimum atomic E-state index is 0.551. The van der Waals surface area contributed by atoms with Gasteiger partial charge in [0.2, 0.25) is 5.95 Å². The van der Waals surface area contributed by atoms with Gasteiger partial charge in [-0.3, -0.25) is 4.57 Å². The second-order valence-corrected chi connectivity index (χ2v) is 17.2. The van der Waals surface area contributed by atoms with E-state index >= 15 is 0 Å². The number of hydrogen-bond acceptors (Lipinski definition) is 5. The Labute approximate surface area is 378 Å². The second kappa shape index (κ2) is 15.1. The summed E-state index contributed by atoms with van der Waals surface area (Å²) in [5.41, 5.74) is 13.8. The Morgan fingerprint density at radius 1 is 0.323 bits per heavy atom. The second-order valence-electron chi connectivity index (χ2n) is 16.2. The minimum Gasteiger partial charge on any atom is -0.307 e. The predicted octanol–water partition coefficient (Wildman–Crippen LogP) is 15.0. The number of fused-ring (bicyclic) bond motifs is 8. The van der Waals surface area contributed by atoms with Gasteiger partial charge in [0.15, 0.2) is 11.6 Å². The minimum absolute atomic E-state index is 0.551. The lowest BCUT2D eigenvalue weighted by Crippen LogP contribution is -2.07. The van der Waals surface area contributed by atoms with Gasteiger partial charge >= 0.3 is 0 Å². The highest BCUT2D eigenvalue weighted by Gasteiger charge is 2.24. The van der Waals surface area contributed by atoms with E-state index < -0.39 is 0 Å². The van der Waals surface area contributed by atoms with Crippen molar-refractivity contribution in [1.82, 2.24) is 29.1 Å². The number of hydrogen-bond donors (Lipinski definition) is 0. The monoisotopic (exact) mass is 848 g/mol. The molecule has 4 heterocycles. The van der Waals surface area contributed by atoms with E-state index in [0.717, 1.165) is 87.8 Å². The number of rotatable bonds is 7. The number of nitrogens with zero attached hydrogens (tertiary/aromatic N) is 6. The topological polar surface area (TPSA) is 61.4 Å². The van der Waals surface area contributed by atoms with Crippen LogP contribution >= 0.6 is 11.3 Å². The lowest BCUT2D eigenvalue weighted by Gasteiger charge is -2.15. The first-order chi connectivity index (χ1) is 32.2. The molecule has 4 aromatic heterocycles. The van der Waals surface area contributed by atoms with Crippen molar-refractivity contribution in [2.24, 2.45) is 0 Å². The molecule has 7 heteroatoms. The fraction of sp³-hybridized carbons (Fsp3) is 0. The van der Waals surface area contributed by atoms with Crippen LogP contribution in [-0.2, 0) is 0 Å². The highest BCUT2D eigenvalue weighted by Crippen LogP contribution is 2.43. The first-order valence-corrected chi connectivity index (χ1v) is 22.5. The zero-order chi connectivity index (χ0) is 42.8. The quantitative estimate of drug-likeness (QED) is 0.160. The average Bonchev–Trinajstić information content (AvgIpc) is 4.08. The molecule has 0 saturated carbocycles. The molecule has 0 atom stereocenters. The molecule has 6 nitrogen and oxygen atoms in total. The summed E-state index contributed by atoms with van der Waals surface area (Å²) in [5.74, 6) is 1.76. The molecule has 0 aliphatic rings. The van der Waals surface area contributed by atoms with Gasteiger partial charge in [-0.1, -0.05) is 188 Å². The first-order valence-electron chi connectivity index (χ1n) is 21.7. The van der Waals surface area contributed by atoms with Crippen LogP contribution in [0.2, 0.25) is 0 Å². The summed E-state index contributed by atoms with van der Waals surface area (Å²) >= 11 is 1.74. The third-order valence-corrected chi connectivity index (χ3v) is 13.6. The molecule has 0 saturated heterocycles. The molecule has 0 amide bonds. The Kier molecular flexibility index (Phi) is 8.60. The molecule has 0 fully saturated rings. The summed E-state index contributed by atoms with van der Waals surface area (Å²) in [7, 11) is 0. The molecule has 13 aromatic rings. The van der Waals surface area contributed by atoms with E-state index in [1.807, 2.05) is 30.3 Å². The molecule has 0 bridgehead atoms. The number of benzene rings is 9. The van der Waals surface area contributed by atoms with Crippen molar-refractivity contribution in [2.75, 3.05) is 0 Å². The van der Waals surface area contributed by atoms with Crippen LogP contribution < -0.4 is 0 Å². The summed E-state index contributed by atoms with van der Waals surface area (Å²) < 4.78 is 5.85. The van der Waals surface area contributed by atoms with Crippen molar-refractivity contribution in [2.45, 2.75) is 0 Å². The third-order valence-electron chi connectivity index (χ3n) is 12.4. The maximum Gasteiger partial charge on any atom is 0.238 e. The largest absolute Gasteiger partial charge is 0.307 e. The molecule has 0 aliphatic heterocycles. The zero-order valence-electron chi connectivity index (χ0n) is 34.9. The standard InChI is InChI=1S/C58H36N6S/c1-4-17-37(18-5-1)42-23-10-11-26-48(42)56-60-55(39-19-6-2-7-20-39)61-58(62-56)64-51-30-15-13-25-45(51)47-36-35-46-44-24-12-14-29-50(44)63(52(46)53(47)64)41-33-31-38(32-34-41)43-27-16-28-49-54(43)65-57(59-49)40-21-8-3-9-22-40/h1-36H. The summed E-state index contributed by atoms with van der Waals surface area (Å²) in [6.07, 6.45) is 0. The Bertz CT molecular complexity index is 3930. The van der Waals surface area contributed by atoms with Crippen molar-refractivity contribution in [3.63, 3.8) is 0 Å². The van der Waals surface area contributed by atoms with Crippen molar-refractivity contribution < 1.29 is 0 Å². The van der Waals surface area contributed by atoms with E-state index in [9.17, 15) is 0 Å². The van der Waals surface area contributed by atoms with Gasteiger partial charge < -0.3 is 4.57 Å². The smallest absolute Gasteiger partial charge is 0.238 e. The molecular formula is C58H36N6S. The SMILES string of the molecule is c1ccc(-c2nc(-c3ccccc3-c3ccccc3)nc(-n3c4ccccc4c4ccc5c6ccccc6n(-c6ccc(-c7cccc8nc(-c9ccccc9)sc78)cc6)c5c43)n2)cc1. The van der Waals surface area contributed by atoms with Crippen LogP contribution in [0.15, 0.2) is 218 Å². The van der Waals surface area contributed by atoms with Gasteiger partial charge in [0, 0.05) is 49.5 Å². The van der Waals surface area contributed by atoms with E-state index in [1.54, 1.807) is 11.3 Å². The maximum atomic E-state index is 5.44. The van der Waals surface area contributed by atoms with E-state index in [2.05, 4.69) is 197 Å². The molecule has 0 N–H and O–H groups in total. The van der Waals surface area contributed by atoms with Crippen LogP contribution in [0.4, 0.5) is 0 Å². The van der Waals surface area contributed by atoms with Gasteiger partial charge in [0.05, 0.1) is 32.3 Å². The molecule has 304 valence electrons. The molecule has 0 unspecified atom stereocenters. The van der Waals surface area contributed by atoms with Gasteiger partial charge in [-0.25, -0.2) is 9.97 Å². The lowest BCUT2D eigenvalue weighted by molar-refractivity contribution is 0.953. The van der Waals surface area contributed by atoms with Crippen LogP contribution in [0.3, 0.4) is 0 Å². The van der Waals surface area contributed by atoms with Crippen LogP contribution in [-0.4, -0.2) is 29.1 Å². The molecule has 65 heavy (non-hydrogen) atoms. The van der Waals surface area contributed by atoms with Crippen molar-refractivity contribution in [3.8, 4) is 67.2 Å². The van der Waals surface area contributed by atoms with Gasteiger partial charge in [0.25, 0.3) is 0 Å². The highest BCUT2D eigenvalue weighted by atomic mass is 32.1. The molecule has 0 spiro atoms. The summed E-state index contributed by atoms with van der Waals surface area (Å²) in [6.45, 7) is 0. The number of thiazole rings is 1. The fourth-order valence-electron chi connectivity index (χ4n) is 9.50. The molecular weight excluding hydrogens is 813 g/mol. The lowest BCUT2D eigenvalue weighted by atomic mass is 9.99. The summed E-state index contributed by atoms with van der Waals surface area (Å²) in [6, 6.07) is 76.7. The average molecular weight is 849 g/mol. The Hall–Kier alpha value is -8.52. The molecule has 13 rings (SSSR count). The highest BCUT2D eigenvalue weighted by molar-refractivity contribution is 7.22. The van der Waals surface area contributed by atoms with Crippen LogP contribution in [0, 0.1) is 0 Å². The Balaban J connectivity index is 1.06. The third kappa shape index (κ3) is 6.09. The van der Waals surface area contributed by atoms with Gasteiger partial charge in [0.1, 0.15) is 5.01 Å². The van der Waals surface area contributed by atoms with Crippen LogP contribution in [0.1, 0.15) is 0 Å². The zero-order valence-corrected chi connectivity index (χ0v) is 35.7. The molecule has 0 radical (unpaired) electrons. The van der Waals surface area contributed by atoms with Crippen LogP contribution in [0.5, 0.6) is 0 Å². The van der Waals surface area contributed by atoms with Crippen molar-refractivity contribution >= 4 is 65.2 Å². The van der Waals surface area contributed by atoms with Gasteiger partial charge in [-0.2, -0.15) is 9.97 Å². The first kappa shape index (κ1) is 37.1. The number of aromatic nitrogens is 6. The predicted molar refractivity (Wildman–Crippen MR) is 269 cm³/mol. The van der Waals surface area contributed by atoms with Gasteiger partial charge in [-0.05, 0) is 47.0 Å². The normalized spacial score (nSPS) is 11.7. The van der Waals surface area contributed by atoms with Gasteiger partial charge in [-0.15, -0.1) is 11.3 Å². The van der Waals surface area contributed by atoms with E-state index in [0.29, 0.717) is 17.6 Å². The van der Waals surface area contributed by atoms with Crippen LogP contribution in [0.25, 0.3) is 121 Å². The van der Waals surface area contributed by atoms with Crippen molar-refractivity contribution in [1.29, 1.82) is 0 Å². The van der Waals surface area contributed by atoms with E-state index in [1.165, 1.54) is 15.6 Å². The maximum absolute atomic E-state index is 5.44. The fourth-order valence-corrected chi connectivity index (χ4v) is 10.6. The number of para-hydroxylation sites is 2. The molecule has 9 aromatic carbocycles. The van der Waals surface area contributed by atoms with Crippen molar-refractivity contribution in [3.05, 3.63) is 218 Å². The summed E-state index contributed by atoms with van der Waals surface area (Å²) in [4.78, 5) is 21.0.